The molecule has 1 heterocycles. The molecule has 0 saturated carbocycles. The second-order valence-electron chi connectivity index (χ2n) is 13.8. The molecule has 0 fully saturated rings. The minimum absolute atomic E-state index is 0.152. The standard InChI is InChI=1S/C33H52N8/c1-22(2)11-12-24(5)35-26-15-19-28(20-16-26)37-30-38-29(36-27-17-13-25(14-18-27)34-23(3)4)39-31(40-30)41-33(9,10)21-32(6,7)8/h13-20,22-24,34-35H,11-12,21H2,1-10H3,(H3,36,37,38,39,40,41). The van der Waals surface area contributed by atoms with Crippen LogP contribution in [0.3, 0.4) is 0 Å². The number of rotatable bonds is 14. The molecule has 3 aromatic rings. The summed E-state index contributed by atoms with van der Waals surface area (Å²) in [6.07, 6.45) is 3.31. The lowest BCUT2D eigenvalue weighted by molar-refractivity contribution is 0.301. The van der Waals surface area contributed by atoms with Gasteiger partial charge in [-0.15, -0.1) is 0 Å². The molecule has 8 nitrogen and oxygen atoms in total. The van der Waals surface area contributed by atoms with Gasteiger partial charge in [0.25, 0.3) is 0 Å². The quantitative estimate of drug-likeness (QED) is 0.133. The molecule has 2 aromatic carbocycles. The van der Waals surface area contributed by atoms with Gasteiger partial charge in [0, 0.05) is 40.4 Å². The minimum Gasteiger partial charge on any atom is -0.383 e. The van der Waals surface area contributed by atoms with E-state index in [1.54, 1.807) is 0 Å². The molecule has 0 radical (unpaired) electrons. The fourth-order valence-electron chi connectivity index (χ4n) is 5.05. The lowest BCUT2D eigenvalue weighted by atomic mass is 9.82. The van der Waals surface area contributed by atoms with Gasteiger partial charge in [-0.05, 0) is 114 Å². The zero-order valence-electron chi connectivity index (χ0n) is 26.8. The smallest absolute Gasteiger partial charge is 0.233 e. The van der Waals surface area contributed by atoms with E-state index in [4.69, 9.17) is 15.0 Å². The van der Waals surface area contributed by atoms with Crippen LogP contribution in [0.4, 0.5) is 40.6 Å². The molecule has 41 heavy (non-hydrogen) atoms. The van der Waals surface area contributed by atoms with Crippen molar-refractivity contribution in [2.45, 2.75) is 106 Å². The first-order valence-electron chi connectivity index (χ1n) is 15.0. The Hall–Kier alpha value is -3.55. The maximum absolute atomic E-state index is 4.73. The fourth-order valence-corrected chi connectivity index (χ4v) is 5.05. The van der Waals surface area contributed by atoms with E-state index in [1.165, 1.54) is 6.42 Å². The van der Waals surface area contributed by atoms with Gasteiger partial charge in [0.05, 0.1) is 0 Å². The average molecular weight is 561 g/mol. The Bertz CT molecular complexity index is 1210. The topological polar surface area (TPSA) is 98.8 Å². The third-order valence-electron chi connectivity index (χ3n) is 6.39. The second-order valence-corrected chi connectivity index (χ2v) is 13.8. The van der Waals surface area contributed by atoms with Gasteiger partial charge in [0.1, 0.15) is 0 Å². The van der Waals surface area contributed by atoms with Crippen LogP contribution in [0.15, 0.2) is 48.5 Å². The van der Waals surface area contributed by atoms with Crippen molar-refractivity contribution in [3.8, 4) is 0 Å². The number of aromatic nitrogens is 3. The molecule has 1 unspecified atom stereocenters. The zero-order chi connectivity index (χ0) is 30.2. The molecule has 0 amide bonds. The van der Waals surface area contributed by atoms with Crippen LogP contribution in [-0.2, 0) is 0 Å². The molecule has 0 spiro atoms. The monoisotopic (exact) mass is 560 g/mol. The third-order valence-corrected chi connectivity index (χ3v) is 6.39. The first-order chi connectivity index (χ1) is 19.2. The Morgan fingerprint density at radius 1 is 0.585 bits per heavy atom. The maximum atomic E-state index is 4.73. The van der Waals surface area contributed by atoms with Crippen molar-refractivity contribution in [3.05, 3.63) is 48.5 Å². The van der Waals surface area contributed by atoms with Gasteiger partial charge in [0.2, 0.25) is 17.8 Å². The molecule has 1 atom stereocenters. The molecule has 5 N–H and O–H groups in total. The molecular formula is C33H52N8. The van der Waals surface area contributed by atoms with Gasteiger partial charge in [-0.3, -0.25) is 0 Å². The Morgan fingerprint density at radius 2 is 1.02 bits per heavy atom. The van der Waals surface area contributed by atoms with Gasteiger partial charge in [-0.1, -0.05) is 34.6 Å². The Labute approximate surface area is 248 Å². The number of anilines is 7. The lowest BCUT2D eigenvalue weighted by Crippen LogP contribution is -2.36. The summed E-state index contributed by atoms with van der Waals surface area (Å²) in [6, 6.07) is 17.2. The van der Waals surface area contributed by atoms with E-state index in [2.05, 4.69) is 108 Å². The van der Waals surface area contributed by atoms with Gasteiger partial charge < -0.3 is 26.6 Å². The van der Waals surface area contributed by atoms with E-state index >= 15 is 0 Å². The SMILES string of the molecule is CC(C)CCC(C)Nc1ccc(Nc2nc(Nc3ccc(NC(C)C)cc3)nc(NC(C)(C)CC(C)(C)C)n2)cc1. The fraction of sp³-hybridized carbons (Fsp3) is 0.545. The number of hydrogen-bond acceptors (Lipinski definition) is 8. The number of nitrogens with one attached hydrogen (secondary N) is 5. The molecule has 1 aromatic heterocycles. The highest BCUT2D eigenvalue weighted by Crippen LogP contribution is 2.30. The Kier molecular flexibility index (Phi) is 10.8. The lowest BCUT2D eigenvalue weighted by Gasteiger charge is -2.33. The summed E-state index contributed by atoms with van der Waals surface area (Å²) in [5.74, 6) is 2.18. The molecule has 224 valence electrons. The summed E-state index contributed by atoms with van der Waals surface area (Å²) in [5.41, 5.74) is 3.93. The van der Waals surface area contributed by atoms with Crippen LogP contribution in [0.5, 0.6) is 0 Å². The van der Waals surface area contributed by atoms with E-state index in [0.717, 1.165) is 35.6 Å². The summed E-state index contributed by atoms with van der Waals surface area (Å²) in [7, 11) is 0. The van der Waals surface area contributed by atoms with E-state index in [9.17, 15) is 0 Å². The highest BCUT2D eigenvalue weighted by molar-refractivity contribution is 5.63. The molecule has 0 aliphatic heterocycles. The largest absolute Gasteiger partial charge is 0.383 e. The number of nitrogens with zero attached hydrogens (tertiary/aromatic N) is 3. The molecule has 0 saturated heterocycles. The first-order valence-corrected chi connectivity index (χ1v) is 15.0. The highest BCUT2D eigenvalue weighted by Gasteiger charge is 2.26. The highest BCUT2D eigenvalue weighted by atomic mass is 15.3. The van der Waals surface area contributed by atoms with Crippen molar-refractivity contribution in [1.29, 1.82) is 0 Å². The van der Waals surface area contributed by atoms with Crippen molar-refractivity contribution in [2.24, 2.45) is 11.3 Å². The van der Waals surface area contributed by atoms with Crippen molar-refractivity contribution in [3.63, 3.8) is 0 Å². The Morgan fingerprint density at radius 3 is 1.46 bits per heavy atom. The normalized spacial score (nSPS) is 12.8. The van der Waals surface area contributed by atoms with E-state index in [1.807, 2.05) is 36.4 Å². The summed E-state index contributed by atoms with van der Waals surface area (Å²) >= 11 is 0. The van der Waals surface area contributed by atoms with E-state index in [0.29, 0.717) is 35.8 Å². The van der Waals surface area contributed by atoms with Crippen LogP contribution < -0.4 is 26.6 Å². The molecule has 8 heteroatoms. The molecule has 0 aliphatic carbocycles. The van der Waals surface area contributed by atoms with Crippen LogP contribution in [0, 0.1) is 11.3 Å². The predicted octanol–water partition coefficient (Wildman–Crippen LogP) is 9.04. The second kappa shape index (κ2) is 13.9. The van der Waals surface area contributed by atoms with Crippen LogP contribution in [0.2, 0.25) is 0 Å². The van der Waals surface area contributed by atoms with Crippen LogP contribution in [0.1, 0.15) is 88.5 Å². The van der Waals surface area contributed by atoms with Gasteiger partial charge in [-0.2, -0.15) is 15.0 Å². The molecular weight excluding hydrogens is 508 g/mol. The maximum Gasteiger partial charge on any atom is 0.233 e. The van der Waals surface area contributed by atoms with Gasteiger partial charge >= 0.3 is 0 Å². The van der Waals surface area contributed by atoms with Gasteiger partial charge in [-0.25, -0.2) is 0 Å². The van der Waals surface area contributed by atoms with Gasteiger partial charge in [0.15, 0.2) is 0 Å². The van der Waals surface area contributed by atoms with E-state index < -0.39 is 0 Å². The first kappa shape index (κ1) is 32.0. The third kappa shape index (κ3) is 11.8. The average Bonchev–Trinajstić information content (AvgIpc) is 2.83. The summed E-state index contributed by atoms with van der Waals surface area (Å²) < 4.78 is 0. The molecule has 3 rings (SSSR count). The van der Waals surface area contributed by atoms with Crippen LogP contribution >= 0.6 is 0 Å². The van der Waals surface area contributed by atoms with Crippen LogP contribution in [0.25, 0.3) is 0 Å². The van der Waals surface area contributed by atoms with Crippen molar-refractivity contribution >= 4 is 40.6 Å². The van der Waals surface area contributed by atoms with Crippen molar-refractivity contribution in [2.75, 3.05) is 26.6 Å². The van der Waals surface area contributed by atoms with Crippen LogP contribution in [-0.4, -0.2) is 32.6 Å². The number of benzene rings is 2. The molecule has 0 bridgehead atoms. The summed E-state index contributed by atoms with van der Waals surface area (Å²) in [4.78, 5) is 14.2. The predicted molar refractivity (Wildman–Crippen MR) is 177 cm³/mol. The van der Waals surface area contributed by atoms with Crippen molar-refractivity contribution < 1.29 is 0 Å². The minimum atomic E-state index is -0.210. The summed E-state index contributed by atoms with van der Waals surface area (Å²) in [5, 5.41) is 17.3. The Balaban J connectivity index is 1.80. The number of hydrogen-bond donors (Lipinski definition) is 5. The molecule has 0 aliphatic rings. The van der Waals surface area contributed by atoms with Crippen molar-refractivity contribution in [1.82, 2.24) is 15.0 Å². The zero-order valence-corrected chi connectivity index (χ0v) is 26.8. The van der Waals surface area contributed by atoms with E-state index in [-0.39, 0.29) is 11.0 Å². The summed E-state index contributed by atoms with van der Waals surface area (Å²) in [6.45, 7) is 22.1.